The monoisotopic (exact) mass is 263 g/mol. The van der Waals surface area contributed by atoms with Gasteiger partial charge in [-0.15, -0.1) is 0 Å². The smallest absolute Gasteiger partial charge is 0.328 e. The van der Waals surface area contributed by atoms with Crippen LogP contribution in [0.25, 0.3) is 6.08 Å². The molecule has 0 fully saturated rings. The van der Waals surface area contributed by atoms with Gasteiger partial charge in [0.2, 0.25) is 0 Å². The Morgan fingerprint density at radius 2 is 2.26 bits per heavy atom. The molecule has 1 aromatic rings. The number of nitro groups is 1. The third kappa shape index (κ3) is 4.63. The number of carboxylic acid groups (broad SMARTS) is 1. The SMILES string of the molecule is C=C(C)COc1cc(C=CC(=O)O)ccc1[N+](=O)[O-]. The lowest BCUT2D eigenvalue weighted by Crippen LogP contribution is -2.01. The van der Waals surface area contributed by atoms with Crippen LogP contribution in [0.2, 0.25) is 0 Å². The zero-order valence-electron chi connectivity index (χ0n) is 10.3. The van der Waals surface area contributed by atoms with Crippen LogP contribution in [0.4, 0.5) is 5.69 Å². The summed E-state index contributed by atoms with van der Waals surface area (Å²) in [6.45, 7) is 5.54. The zero-order chi connectivity index (χ0) is 14.4. The predicted octanol–water partition coefficient (Wildman–Crippen LogP) is 2.65. The zero-order valence-corrected chi connectivity index (χ0v) is 10.3. The summed E-state index contributed by atoms with van der Waals surface area (Å²) in [5.74, 6) is -1.01. The van der Waals surface area contributed by atoms with Gasteiger partial charge in [0.1, 0.15) is 6.61 Å². The minimum absolute atomic E-state index is 0.0838. The van der Waals surface area contributed by atoms with Crippen molar-refractivity contribution >= 4 is 17.7 Å². The maximum atomic E-state index is 10.8. The van der Waals surface area contributed by atoms with Crippen LogP contribution in [-0.2, 0) is 4.79 Å². The van der Waals surface area contributed by atoms with E-state index >= 15 is 0 Å². The maximum Gasteiger partial charge on any atom is 0.328 e. The van der Waals surface area contributed by atoms with Crippen molar-refractivity contribution in [2.45, 2.75) is 6.92 Å². The molecule has 6 heteroatoms. The van der Waals surface area contributed by atoms with Crippen molar-refractivity contribution in [2.75, 3.05) is 6.61 Å². The number of hydrogen-bond acceptors (Lipinski definition) is 4. The molecular formula is C13H13NO5. The van der Waals surface area contributed by atoms with Crippen LogP contribution >= 0.6 is 0 Å². The molecule has 19 heavy (non-hydrogen) atoms. The van der Waals surface area contributed by atoms with Crippen LogP contribution in [0.3, 0.4) is 0 Å². The number of nitrogens with zero attached hydrogens (tertiary/aromatic N) is 1. The number of ether oxygens (including phenoxy) is 1. The number of carbonyl (C=O) groups is 1. The average Bonchev–Trinajstić information content (AvgIpc) is 2.33. The van der Waals surface area contributed by atoms with Crippen LogP contribution in [0.5, 0.6) is 5.75 Å². The van der Waals surface area contributed by atoms with Gasteiger partial charge in [0.05, 0.1) is 4.92 Å². The van der Waals surface area contributed by atoms with Gasteiger partial charge in [-0.25, -0.2) is 4.79 Å². The lowest BCUT2D eigenvalue weighted by atomic mass is 10.1. The topological polar surface area (TPSA) is 89.7 Å². The molecule has 0 aliphatic heterocycles. The van der Waals surface area contributed by atoms with Crippen molar-refractivity contribution in [1.29, 1.82) is 0 Å². The third-order valence-electron chi connectivity index (χ3n) is 2.07. The molecule has 0 radical (unpaired) electrons. The molecule has 0 saturated carbocycles. The highest BCUT2D eigenvalue weighted by molar-refractivity contribution is 5.85. The minimum atomic E-state index is -1.09. The highest BCUT2D eigenvalue weighted by Crippen LogP contribution is 2.28. The molecule has 0 unspecified atom stereocenters. The fraction of sp³-hybridized carbons (Fsp3) is 0.154. The van der Waals surface area contributed by atoms with Crippen LogP contribution in [-0.4, -0.2) is 22.6 Å². The van der Waals surface area contributed by atoms with E-state index in [9.17, 15) is 14.9 Å². The Labute approximate surface area is 109 Å². The minimum Gasteiger partial charge on any atom is -0.482 e. The Morgan fingerprint density at radius 3 is 2.79 bits per heavy atom. The predicted molar refractivity (Wildman–Crippen MR) is 70.1 cm³/mol. The first-order chi connectivity index (χ1) is 8.90. The van der Waals surface area contributed by atoms with Crippen LogP contribution in [0.1, 0.15) is 12.5 Å². The molecule has 1 rings (SSSR count). The van der Waals surface area contributed by atoms with Crippen LogP contribution in [0, 0.1) is 10.1 Å². The first-order valence-corrected chi connectivity index (χ1v) is 5.37. The normalized spacial score (nSPS) is 10.4. The molecular weight excluding hydrogens is 250 g/mol. The van der Waals surface area contributed by atoms with Crippen molar-refractivity contribution in [3.63, 3.8) is 0 Å². The van der Waals surface area contributed by atoms with Gasteiger partial charge in [-0.05, 0) is 36.3 Å². The summed E-state index contributed by atoms with van der Waals surface area (Å²) in [5.41, 5.74) is 1.05. The van der Waals surface area contributed by atoms with Crippen molar-refractivity contribution in [1.82, 2.24) is 0 Å². The second kappa shape index (κ2) is 6.34. The Morgan fingerprint density at radius 1 is 1.58 bits per heavy atom. The van der Waals surface area contributed by atoms with Crippen molar-refractivity contribution in [3.8, 4) is 5.75 Å². The summed E-state index contributed by atoms with van der Waals surface area (Å²) in [6.07, 6.45) is 2.28. The number of aliphatic carboxylic acids is 1. The van der Waals surface area contributed by atoms with Crippen LogP contribution in [0.15, 0.2) is 36.4 Å². The van der Waals surface area contributed by atoms with Gasteiger partial charge in [-0.1, -0.05) is 6.58 Å². The number of benzene rings is 1. The van der Waals surface area contributed by atoms with Gasteiger partial charge >= 0.3 is 11.7 Å². The van der Waals surface area contributed by atoms with E-state index in [1.54, 1.807) is 6.92 Å². The van der Waals surface area contributed by atoms with Gasteiger partial charge in [0.25, 0.3) is 0 Å². The molecule has 0 amide bonds. The Kier molecular flexibility index (Phi) is 4.82. The molecule has 0 spiro atoms. The van der Waals surface area contributed by atoms with E-state index in [0.29, 0.717) is 5.56 Å². The van der Waals surface area contributed by atoms with Crippen molar-refractivity contribution < 1.29 is 19.6 Å². The second-order valence-electron chi connectivity index (χ2n) is 3.90. The van der Waals surface area contributed by atoms with E-state index in [2.05, 4.69) is 6.58 Å². The first-order valence-electron chi connectivity index (χ1n) is 5.37. The van der Waals surface area contributed by atoms with Gasteiger partial charge in [-0.3, -0.25) is 10.1 Å². The molecule has 1 aromatic carbocycles. The average molecular weight is 263 g/mol. The molecule has 0 aliphatic carbocycles. The van der Waals surface area contributed by atoms with Gasteiger partial charge in [-0.2, -0.15) is 0 Å². The molecule has 1 N–H and O–H groups in total. The fourth-order valence-corrected chi connectivity index (χ4v) is 1.27. The number of hydrogen-bond donors (Lipinski definition) is 1. The lowest BCUT2D eigenvalue weighted by Gasteiger charge is -2.07. The highest BCUT2D eigenvalue weighted by Gasteiger charge is 2.15. The van der Waals surface area contributed by atoms with Gasteiger partial charge in [0.15, 0.2) is 5.75 Å². The van der Waals surface area contributed by atoms with E-state index in [1.165, 1.54) is 24.3 Å². The number of nitro benzene ring substituents is 1. The second-order valence-corrected chi connectivity index (χ2v) is 3.90. The summed E-state index contributed by atoms with van der Waals surface area (Å²) in [7, 11) is 0. The van der Waals surface area contributed by atoms with Crippen molar-refractivity contribution in [2.24, 2.45) is 0 Å². The third-order valence-corrected chi connectivity index (χ3v) is 2.07. The Hall–Kier alpha value is -2.63. The molecule has 0 aliphatic rings. The van der Waals surface area contributed by atoms with Gasteiger partial charge < -0.3 is 9.84 Å². The summed E-state index contributed by atoms with van der Waals surface area (Å²) in [5, 5.41) is 19.4. The summed E-state index contributed by atoms with van der Waals surface area (Å²) in [6, 6.07) is 4.14. The number of carboxylic acids is 1. The molecule has 0 saturated heterocycles. The van der Waals surface area contributed by atoms with E-state index in [0.717, 1.165) is 11.6 Å². The van der Waals surface area contributed by atoms with E-state index in [1.807, 2.05) is 0 Å². The van der Waals surface area contributed by atoms with Crippen molar-refractivity contribution in [3.05, 3.63) is 52.1 Å². The molecule has 0 aromatic heterocycles. The molecule has 0 atom stereocenters. The molecule has 6 nitrogen and oxygen atoms in total. The summed E-state index contributed by atoms with van der Waals surface area (Å²) < 4.78 is 5.28. The first kappa shape index (κ1) is 14.4. The highest BCUT2D eigenvalue weighted by atomic mass is 16.6. The summed E-state index contributed by atoms with van der Waals surface area (Å²) in [4.78, 5) is 20.7. The van der Waals surface area contributed by atoms with E-state index in [4.69, 9.17) is 9.84 Å². The molecule has 0 heterocycles. The maximum absolute atomic E-state index is 10.8. The Bertz CT molecular complexity index is 548. The van der Waals surface area contributed by atoms with E-state index < -0.39 is 10.9 Å². The van der Waals surface area contributed by atoms with Crippen LogP contribution < -0.4 is 4.74 Å². The van der Waals surface area contributed by atoms with E-state index in [-0.39, 0.29) is 18.0 Å². The number of rotatable bonds is 6. The quantitative estimate of drug-likeness (QED) is 0.369. The lowest BCUT2D eigenvalue weighted by molar-refractivity contribution is -0.385. The van der Waals surface area contributed by atoms with Gasteiger partial charge in [0, 0.05) is 12.1 Å². The molecule has 0 bridgehead atoms. The fourth-order valence-electron chi connectivity index (χ4n) is 1.27. The standard InChI is InChI=1S/C13H13NO5/c1-9(2)8-19-12-7-10(4-6-13(15)16)3-5-11(12)14(17)18/h3-7H,1,8H2,2H3,(H,15,16). The largest absolute Gasteiger partial charge is 0.482 e. The summed E-state index contributed by atoms with van der Waals surface area (Å²) >= 11 is 0. The Balaban J connectivity index is 3.06. The molecule has 100 valence electrons.